The van der Waals surface area contributed by atoms with Gasteiger partial charge in [0.15, 0.2) is 6.10 Å². The number of nitrogens with zero attached hydrogens (tertiary/aromatic N) is 3. The molecule has 1 aliphatic rings. The number of carbonyl (C=O) groups is 1. The summed E-state index contributed by atoms with van der Waals surface area (Å²) in [6.07, 6.45) is 1.63. The number of hydrogen-bond donors (Lipinski definition) is 1. The van der Waals surface area contributed by atoms with Crippen molar-refractivity contribution in [2.75, 3.05) is 29.6 Å². The number of pyridine rings is 1. The van der Waals surface area contributed by atoms with E-state index < -0.39 is 27.7 Å². The van der Waals surface area contributed by atoms with Crippen LogP contribution in [-0.4, -0.2) is 50.4 Å². The topological polar surface area (TPSA) is 100 Å². The molecule has 1 N–H and O–H groups in total. The van der Waals surface area contributed by atoms with Crippen molar-refractivity contribution < 1.29 is 23.1 Å². The molecule has 0 saturated carbocycles. The lowest BCUT2D eigenvalue weighted by Gasteiger charge is -2.37. The maximum atomic E-state index is 13.2. The number of aryl methyl sites for hydroxylation is 1. The van der Waals surface area contributed by atoms with Crippen LogP contribution in [0, 0.1) is 20.8 Å². The van der Waals surface area contributed by atoms with E-state index in [0.717, 1.165) is 27.9 Å². The summed E-state index contributed by atoms with van der Waals surface area (Å²) in [4.78, 5) is 19.5. The molecule has 3 aromatic rings. The van der Waals surface area contributed by atoms with Crippen LogP contribution in [0.25, 0.3) is 22.4 Å². The Balaban J connectivity index is 2.20. The summed E-state index contributed by atoms with van der Waals surface area (Å²) in [7, 11) is 0.0878. The summed E-state index contributed by atoms with van der Waals surface area (Å²) < 4.78 is 34.0. The van der Waals surface area contributed by atoms with E-state index in [2.05, 4.69) is 0 Å². The number of benzene rings is 2. The van der Waals surface area contributed by atoms with Crippen LogP contribution in [0.4, 0.5) is 11.4 Å². The second-order valence-corrected chi connectivity index (χ2v) is 13.3. The molecule has 0 radical (unpaired) electrons. The van der Waals surface area contributed by atoms with Gasteiger partial charge in [0.2, 0.25) is 10.0 Å². The van der Waals surface area contributed by atoms with Gasteiger partial charge in [0.05, 0.1) is 41.7 Å². The van der Waals surface area contributed by atoms with Gasteiger partial charge in [-0.2, -0.15) is 0 Å². The molecular formula is C30H37N3O5S. The molecule has 208 valence electrons. The first-order chi connectivity index (χ1) is 18.0. The first kappa shape index (κ1) is 28.6. The van der Waals surface area contributed by atoms with E-state index in [4.69, 9.17) is 9.72 Å². The molecular weight excluding hydrogens is 514 g/mol. The first-order valence-corrected chi connectivity index (χ1v) is 14.6. The number of carboxylic acids is 1. The predicted octanol–water partition coefficient (Wildman–Crippen LogP) is 5.63. The minimum atomic E-state index is -3.73. The van der Waals surface area contributed by atoms with E-state index in [1.807, 2.05) is 63.2 Å². The molecule has 0 amide bonds. The van der Waals surface area contributed by atoms with Crippen molar-refractivity contribution in [3.63, 3.8) is 0 Å². The van der Waals surface area contributed by atoms with E-state index in [9.17, 15) is 18.3 Å². The van der Waals surface area contributed by atoms with Crippen molar-refractivity contribution in [3.05, 3.63) is 64.3 Å². The lowest BCUT2D eigenvalue weighted by Crippen LogP contribution is -2.35. The van der Waals surface area contributed by atoms with Crippen molar-refractivity contribution in [2.24, 2.45) is 0 Å². The summed E-state index contributed by atoms with van der Waals surface area (Å²) >= 11 is 0. The maximum Gasteiger partial charge on any atom is 0.337 e. The second kappa shape index (κ2) is 9.95. The quantitative estimate of drug-likeness (QED) is 0.424. The largest absolute Gasteiger partial charge is 0.479 e. The Kier molecular flexibility index (Phi) is 7.29. The van der Waals surface area contributed by atoms with Gasteiger partial charge in [-0.05, 0) is 69.9 Å². The van der Waals surface area contributed by atoms with Gasteiger partial charge in [-0.3, -0.25) is 9.29 Å². The van der Waals surface area contributed by atoms with Gasteiger partial charge in [0.1, 0.15) is 0 Å². The molecule has 0 unspecified atom stereocenters. The molecule has 9 heteroatoms. The Bertz CT molecular complexity index is 1560. The molecule has 0 saturated heterocycles. The number of aliphatic carboxylic acids is 1. The molecule has 8 nitrogen and oxygen atoms in total. The summed E-state index contributed by atoms with van der Waals surface area (Å²) in [5.41, 5.74) is 7.04. The molecule has 2 aromatic carbocycles. The Morgan fingerprint density at radius 3 is 2.21 bits per heavy atom. The van der Waals surface area contributed by atoms with Crippen LogP contribution in [0.1, 0.15) is 54.7 Å². The monoisotopic (exact) mass is 551 g/mol. The van der Waals surface area contributed by atoms with Gasteiger partial charge in [0.25, 0.3) is 0 Å². The fourth-order valence-electron chi connectivity index (χ4n) is 5.22. The van der Waals surface area contributed by atoms with Gasteiger partial charge < -0.3 is 14.7 Å². The molecule has 39 heavy (non-hydrogen) atoms. The fraction of sp³-hybridized carbons (Fsp3) is 0.400. The zero-order valence-corrected chi connectivity index (χ0v) is 24.9. The van der Waals surface area contributed by atoms with Crippen molar-refractivity contribution in [1.82, 2.24) is 4.98 Å². The molecule has 0 spiro atoms. The van der Waals surface area contributed by atoms with Gasteiger partial charge in [-0.15, -0.1) is 0 Å². The van der Waals surface area contributed by atoms with Crippen molar-refractivity contribution in [3.8, 4) is 22.4 Å². The standard InChI is InChI=1S/C30H37N3O5S/c1-17-10-12-20(13-11-17)23-18(2)25-26-21(14-22(15-31-26)32(7)8)16-33(39(9,36)37)27(25)19(3)24(23)28(29(34)35)38-30(4,5)6/h10-15,28H,16H2,1-9H3,(H,34,35)/t28-/m0/s1. The van der Waals surface area contributed by atoms with Crippen LogP contribution in [0.5, 0.6) is 0 Å². The van der Waals surface area contributed by atoms with Crippen LogP contribution in [-0.2, 0) is 26.1 Å². The average Bonchev–Trinajstić information content (AvgIpc) is 2.82. The van der Waals surface area contributed by atoms with Crippen LogP contribution < -0.4 is 9.21 Å². The molecule has 1 aliphatic heterocycles. The average molecular weight is 552 g/mol. The second-order valence-electron chi connectivity index (χ2n) is 11.4. The molecule has 2 heterocycles. The number of rotatable bonds is 6. The Morgan fingerprint density at radius 1 is 1.08 bits per heavy atom. The normalized spacial score (nSPS) is 14.0. The van der Waals surface area contributed by atoms with Gasteiger partial charge in [-0.25, -0.2) is 13.2 Å². The van der Waals surface area contributed by atoms with E-state index in [0.29, 0.717) is 33.6 Å². The van der Waals surface area contributed by atoms with Crippen molar-refractivity contribution >= 4 is 27.4 Å². The highest BCUT2D eigenvalue weighted by atomic mass is 32.2. The molecule has 0 bridgehead atoms. The molecule has 4 rings (SSSR count). The predicted molar refractivity (Wildman–Crippen MR) is 156 cm³/mol. The SMILES string of the molecule is Cc1ccc(-c2c(C)c3c(c(C)c2[C@H](OC(C)(C)C)C(=O)O)N(S(C)(=O)=O)Cc2cc(N(C)C)cnc2-3)cc1. The fourth-order valence-corrected chi connectivity index (χ4v) is 6.15. The third kappa shape index (κ3) is 5.38. The van der Waals surface area contributed by atoms with Gasteiger partial charge in [-0.1, -0.05) is 29.8 Å². The number of sulfonamides is 1. The highest BCUT2D eigenvalue weighted by Crippen LogP contribution is 2.51. The minimum absolute atomic E-state index is 0.0946. The number of hydrogen-bond acceptors (Lipinski definition) is 6. The summed E-state index contributed by atoms with van der Waals surface area (Å²) in [6, 6.07) is 9.84. The maximum absolute atomic E-state index is 13.2. The number of anilines is 2. The Labute approximate surface area is 231 Å². The lowest BCUT2D eigenvalue weighted by atomic mass is 9.81. The molecule has 0 aliphatic carbocycles. The summed E-state index contributed by atoms with van der Waals surface area (Å²) in [5, 5.41) is 10.4. The highest BCUT2D eigenvalue weighted by Gasteiger charge is 2.39. The van der Waals surface area contributed by atoms with E-state index >= 15 is 0 Å². The number of fused-ring (bicyclic) bond motifs is 3. The minimum Gasteiger partial charge on any atom is -0.479 e. The van der Waals surface area contributed by atoms with Gasteiger partial charge in [0, 0.05) is 30.8 Å². The third-order valence-corrected chi connectivity index (χ3v) is 8.09. The van der Waals surface area contributed by atoms with E-state index in [1.54, 1.807) is 33.9 Å². The van der Waals surface area contributed by atoms with Crippen LogP contribution >= 0.6 is 0 Å². The molecule has 1 aromatic heterocycles. The van der Waals surface area contributed by atoms with Gasteiger partial charge >= 0.3 is 5.97 Å². The zero-order valence-electron chi connectivity index (χ0n) is 24.1. The zero-order chi connectivity index (χ0) is 29.0. The number of ether oxygens (including phenoxy) is 1. The smallest absolute Gasteiger partial charge is 0.337 e. The van der Waals surface area contributed by atoms with Crippen LogP contribution in [0.2, 0.25) is 0 Å². The van der Waals surface area contributed by atoms with Crippen LogP contribution in [0.3, 0.4) is 0 Å². The highest BCUT2D eigenvalue weighted by molar-refractivity contribution is 7.92. The Hall–Kier alpha value is -3.43. The summed E-state index contributed by atoms with van der Waals surface area (Å²) in [5.74, 6) is -1.14. The summed E-state index contributed by atoms with van der Waals surface area (Å²) in [6.45, 7) is 11.2. The Morgan fingerprint density at radius 2 is 1.69 bits per heavy atom. The number of aromatic nitrogens is 1. The third-order valence-electron chi connectivity index (χ3n) is 6.98. The number of carboxylic acid groups (broad SMARTS) is 1. The van der Waals surface area contributed by atoms with E-state index in [1.165, 1.54) is 10.6 Å². The van der Waals surface area contributed by atoms with E-state index in [-0.39, 0.29) is 6.54 Å². The van der Waals surface area contributed by atoms with Crippen molar-refractivity contribution in [1.29, 1.82) is 0 Å². The first-order valence-electron chi connectivity index (χ1n) is 12.8. The van der Waals surface area contributed by atoms with Crippen molar-refractivity contribution in [2.45, 2.75) is 59.8 Å². The van der Waals surface area contributed by atoms with Crippen LogP contribution in [0.15, 0.2) is 36.5 Å². The molecule has 1 atom stereocenters. The molecule has 0 fully saturated rings. The lowest BCUT2D eigenvalue weighted by molar-refractivity contribution is -0.160.